The number of nitrogens with zero attached hydrogens (tertiary/aromatic N) is 1. The van der Waals surface area contributed by atoms with Crippen LogP contribution in [0.25, 0.3) is 0 Å². The molecule has 1 amide bonds. The topological polar surface area (TPSA) is 55.6 Å². The molecule has 0 aliphatic carbocycles. The van der Waals surface area contributed by atoms with Gasteiger partial charge in [0, 0.05) is 6.08 Å². The van der Waals surface area contributed by atoms with Crippen LogP contribution in [0.1, 0.15) is 12.5 Å². The summed E-state index contributed by atoms with van der Waals surface area (Å²) in [6.45, 7) is 4.31. The van der Waals surface area contributed by atoms with Crippen LogP contribution in [0.3, 0.4) is 0 Å². The zero-order chi connectivity index (χ0) is 12.0. The molecule has 0 unspecified atom stereocenters. The maximum atomic E-state index is 11.6. The highest BCUT2D eigenvalue weighted by atomic mass is 16.5. The van der Waals surface area contributed by atoms with Crippen molar-refractivity contribution in [2.75, 3.05) is 11.6 Å². The van der Waals surface area contributed by atoms with E-state index in [0.29, 0.717) is 12.3 Å². The smallest absolute Gasteiger partial charge is 0.268 e. The summed E-state index contributed by atoms with van der Waals surface area (Å²) in [5.41, 5.74) is 1.71. The number of amides is 1. The number of aryl methyl sites for hydroxylation is 1. The summed E-state index contributed by atoms with van der Waals surface area (Å²) in [5, 5.41) is 1.09. The number of carbonyl (C=O) groups excluding carboxylic acids is 1. The molecular weight excluding hydrogens is 204 g/mol. The second kappa shape index (κ2) is 5.92. The van der Waals surface area contributed by atoms with Gasteiger partial charge in [-0.15, -0.1) is 0 Å². The number of nitrogens with two attached hydrogens (primary N) is 1. The first-order valence-corrected chi connectivity index (χ1v) is 5.08. The van der Waals surface area contributed by atoms with Gasteiger partial charge in [-0.2, -0.15) is 0 Å². The molecule has 0 bridgehead atoms. The van der Waals surface area contributed by atoms with Crippen LogP contribution in [0, 0.1) is 6.92 Å². The van der Waals surface area contributed by atoms with E-state index in [1.165, 1.54) is 12.3 Å². The van der Waals surface area contributed by atoms with E-state index in [2.05, 4.69) is 0 Å². The lowest BCUT2D eigenvalue weighted by Gasteiger charge is -2.14. The largest absolute Gasteiger partial charge is 0.501 e. The van der Waals surface area contributed by atoms with E-state index < -0.39 is 0 Å². The Balaban J connectivity index is 2.70. The van der Waals surface area contributed by atoms with E-state index in [1.54, 1.807) is 6.07 Å². The Labute approximate surface area is 95.3 Å². The maximum absolute atomic E-state index is 11.6. The molecule has 0 saturated carbocycles. The fourth-order valence-corrected chi connectivity index (χ4v) is 1.19. The number of hydrazine groups is 1. The lowest BCUT2D eigenvalue weighted by Crippen LogP contribution is -2.36. The van der Waals surface area contributed by atoms with Crippen molar-refractivity contribution in [3.63, 3.8) is 0 Å². The van der Waals surface area contributed by atoms with Crippen molar-refractivity contribution in [2.24, 2.45) is 5.84 Å². The molecule has 1 aromatic carbocycles. The van der Waals surface area contributed by atoms with E-state index in [4.69, 9.17) is 10.6 Å². The third-order valence-electron chi connectivity index (χ3n) is 1.99. The molecule has 86 valence electrons. The number of carbonyl (C=O) groups is 1. The zero-order valence-corrected chi connectivity index (χ0v) is 9.51. The number of benzene rings is 1. The summed E-state index contributed by atoms with van der Waals surface area (Å²) in [5.74, 6) is 5.35. The third kappa shape index (κ3) is 3.40. The quantitative estimate of drug-likeness (QED) is 0.276. The number of rotatable bonds is 4. The van der Waals surface area contributed by atoms with Crippen molar-refractivity contribution >= 4 is 11.6 Å². The predicted octanol–water partition coefficient (Wildman–Crippen LogP) is 1.75. The molecule has 0 radical (unpaired) electrons. The Morgan fingerprint density at radius 3 is 2.94 bits per heavy atom. The molecule has 0 atom stereocenters. The SMILES string of the molecule is CCOC=CC(=O)N(N)c1cccc(C)c1. The highest BCUT2D eigenvalue weighted by Crippen LogP contribution is 2.12. The van der Waals surface area contributed by atoms with Gasteiger partial charge in [-0.1, -0.05) is 12.1 Å². The van der Waals surface area contributed by atoms with E-state index in [-0.39, 0.29) is 5.91 Å². The summed E-state index contributed by atoms with van der Waals surface area (Å²) < 4.78 is 4.93. The van der Waals surface area contributed by atoms with Gasteiger partial charge >= 0.3 is 0 Å². The lowest BCUT2D eigenvalue weighted by atomic mass is 10.2. The Kier molecular flexibility index (Phi) is 4.54. The number of ether oxygens (including phenoxy) is 1. The molecule has 0 spiro atoms. The lowest BCUT2D eigenvalue weighted by molar-refractivity contribution is -0.114. The second-order valence-electron chi connectivity index (χ2n) is 3.31. The van der Waals surface area contributed by atoms with Crippen LogP contribution < -0.4 is 10.9 Å². The minimum Gasteiger partial charge on any atom is -0.501 e. The molecule has 0 aromatic heterocycles. The van der Waals surface area contributed by atoms with Crippen molar-refractivity contribution in [3.8, 4) is 0 Å². The number of anilines is 1. The van der Waals surface area contributed by atoms with Gasteiger partial charge in [0.15, 0.2) is 0 Å². The van der Waals surface area contributed by atoms with Crippen molar-refractivity contribution in [1.29, 1.82) is 0 Å². The van der Waals surface area contributed by atoms with Gasteiger partial charge < -0.3 is 4.74 Å². The monoisotopic (exact) mass is 220 g/mol. The van der Waals surface area contributed by atoms with Crippen LogP contribution in [-0.4, -0.2) is 12.5 Å². The van der Waals surface area contributed by atoms with Crippen molar-refractivity contribution in [3.05, 3.63) is 42.2 Å². The summed E-state index contributed by atoms with van der Waals surface area (Å²) in [4.78, 5) is 11.6. The highest BCUT2D eigenvalue weighted by Gasteiger charge is 2.07. The molecular formula is C12H16N2O2. The van der Waals surface area contributed by atoms with E-state index in [1.807, 2.05) is 32.0 Å². The van der Waals surface area contributed by atoms with Crippen LogP contribution >= 0.6 is 0 Å². The minimum atomic E-state index is -0.320. The van der Waals surface area contributed by atoms with Gasteiger partial charge in [0.2, 0.25) is 0 Å². The third-order valence-corrected chi connectivity index (χ3v) is 1.99. The van der Waals surface area contributed by atoms with E-state index in [9.17, 15) is 4.79 Å². The van der Waals surface area contributed by atoms with Gasteiger partial charge in [0.25, 0.3) is 5.91 Å². The first kappa shape index (κ1) is 12.3. The Hall–Kier alpha value is -1.81. The molecule has 0 saturated heterocycles. The van der Waals surface area contributed by atoms with Crippen molar-refractivity contribution < 1.29 is 9.53 Å². The molecule has 4 nitrogen and oxygen atoms in total. The Morgan fingerprint density at radius 2 is 2.31 bits per heavy atom. The Bertz CT molecular complexity index is 388. The van der Waals surface area contributed by atoms with Gasteiger partial charge in [-0.3, -0.25) is 4.79 Å². The standard InChI is InChI=1S/C12H16N2O2/c1-3-16-8-7-12(15)14(13)11-6-4-5-10(2)9-11/h4-9H,3,13H2,1-2H3. The van der Waals surface area contributed by atoms with Gasteiger partial charge in [-0.25, -0.2) is 10.9 Å². The number of hydrogen-bond acceptors (Lipinski definition) is 3. The Morgan fingerprint density at radius 1 is 1.56 bits per heavy atom. The first-order valence-electron chi connectivity index (χ1n) is 5.08. The summed E-state index contributed by atoms with van der Waals surface area (Å²) in [6.07, 6.45) is 2.64. The van der Waals surface area contributed by atoms with Gasteiger partial charge in [-0.05, 0) is 31.5 Å². The molecule has 1 aromatic rings. The van der Waals surface area contributed by atoms with E-state index >= 15 is 0 Å². The molecule has 16 heavy (non-hydrogen) atoms. The molecule has 0 fully saturated rings. The summed E-state index contributed by atoms with van der Waals surface area (Å²) in [6, 6.07) is 7.41. The van der Waals surface area contributed by atoms with Crippen LogP contribution in [0.5, 0.6) is 0 Å². The predicted molar refractivity (Wildman–Crippen MR) is 63.6 cm³/mol. The fraction of sp³-hybridized carbons (Fsp3) is 0.250. The average Bonchev–Trinajstić information content (AvgIpc) is 2.28. The molecule has 0 aliphatic rings. The van der Waals surface area contributed by atoms with Crippen molar-refractivity contribution in [1.82, 2.24) is 0 Å². The second-order valence-corrected chi connectivity index (χ2v) is 3.31. The molecule has 2 N–H and O–H groups in total. The molecule has 4 heteroatoms. The first-order chi connectivity index (χ1) is 7.65. The van der Waals surface area contributed by atoms with Crippen LogP contribution in [0.2, 0.25) is 0 Å². The fourth-order valence-electron chi connectivity index (χ4n) is 1.19. The van der Waals surface area contributed by atoms with Gasteiger partial charge in [0.05, 0.1) is 18.6 Å². The maximum Gasteiger partial charge on any atom is 0.268 e. The molecule has 0 aliphatic heterocycles. The van der Waals surface area contributed by atoms with Crippen LogP contribution in [-0.2, 0) is 9.53 Å². The normalized spacial score (nSPS) is 10.4. The number of hydrogen-bond donors (Lipinski definition) is 1. The van der Waals surface area contributed by atoms with Crippen LogP contribution in [0.15, 0.2) is 36.6 Å². The van der Waals surface area contributed by atoms with E-state index in [0.717, 1.165) is 10.6 Å². The van der Waals surface area contributed by atoms with Crippen LogP contribution in [0.4, 0.5) is 5.69 Å². The molecule has 1 rings (SSSR count). The highest BCUT2D eigenvalue weighted by molar-refractivity contribution is 6.00. The summed E-state index contributed by atoms with van der Waals surface area (Å²) >= 11 is 0. The van der Waals surface area contributed by atoms with Crippen molar-refractivity contribution in [2.45, 2.75) is 13.8 Å². The van der Waals surface area contributed by atoms with Gasteiger partial charge in [0.1, 0.15) is 0 Å². The zero-order valence-electron chi connectivity index (χ0n) is 9.51. The molecule has 0 heterocycles. The summed E-state index contributed by atoms with van der Waals surface area (Å²) in [7, 11) is 0. The minimum absolute atomic E-state index is 0.320. The average molecular weight is 220 g/mol.